The van der Waals surface area contributed by atoms with E-state index in [0.29, 0.717) is 18.0 Å². The van der Waals surface area contributed by atoms with E-state index in [1.165, 1.54) is 16.1 Å². The van der Waals surface area contributed by atoms with E-state index in [1.807, 2.05) is 31.2 Å². The number of nitrogens with zero attached hydrogens (tertiary/aromatic N) is 1. The predicted molar refractivity (Wildman–Crippen MR) is 105 cm³/mol. The molecule has 2 aromatic rings. The lowest BCUT2D eigenvalue weighted by atomic mass is 10.2. The van der Waals surface area contributed by atoms with Crippen LogP contribution in [-0.4, -0.2) is 37.5 Å². The van der Waals surface area contributed by atoms with Crippen LogP contribution in [-0.2, 0) is 14.8 Å². The van der Waals surface area contributed by atoms with Crippen molar-refractivity contribution in [1.82, 2.24) is 4.31 Å². The Balaban J connectivity index is 1.56. The summed E-state index contributed by atoms with van der Waals surface area (Å²) in [7, 11) is -3.39. The van der Waals surface area contributed by atoms with Crippen molar-refractivity contribution in [2.24, 2.45) is 0 Å². The van der Waals surface area contributed by atoms with Crippen molar-refractivity contribution in [2.75, 3.05) is 24.2 Å². The number of hydrogen-bond donors (Lipinski definition) is 1. The summed E-state index contributed by atoms with van der Waals surface area (Å²) < 4.78 is 26.5. The molecule has 1 amide bonds. The van der Waals surface area contributed by atoms with Crippen molar-refractivity contribution in [3.63, 3.8) is 0 Å². The van der Waals surface area contributed by atoms with Crippen molar-refractivity contribution < 1.29 is 13.2 Å². The SMILES string of the molecule is Cc1cccc(NC(=O)CSc2ccc(S(=O)(=O)N3CCCC3)cc2)c1. The number of hydrogen-bond acceptors (Lipinski definition) is 4. The molecule has 0 saturated carbocycles. The number of sulfonamides is 1. The fraction of sp³-hybridized carbons (Fsp3) is 0.316. The lowest BCUT2D eigenvalue weighted by molar-refractivity contribution is -0.113. The number of carbonyl (C=O) groups is 1. The zero-order valence-corrected chi connectivity index (χ0v) is 16.3. The third kappa shape index (κ3) is 4.66. The van der Waals surface area contributed by atoms with Gasteiger partial charge in [0.05, 0.1) is 10.6 Å². The molecule has 1 N–H and O–H groups in total. The summed E-state index contributed by atoms with van der Waals surface area (Å²) in [6, 6.07) is 14.4. The maximum Gasteiger partial charge on any atom is 0.243 e. The summed E-state index contributed by atoms with van der Waals surface area (Å²) in [5.74, 6) is 0.181. The number of thioether (sulfide) groups is 1. The van der Waals surface area contributed by atoms with E-state index in [-0.39, 0.29) is 11.7 Å². The number of benzene rings is 2. The highest BCUT2D eigenvalue weighted by Crippen LogP contribution is 2.24. The molecule has 0 atom stereocenters. The van der Waals surface area contributed by atoms with Gasteiger partial charge in [-0.15, -0.1) is 11.8 Å². The molecular weight excluding hydrogens is 368 g/mol. The van der Waals surface area contributed by atoms with Gasteiger partial charge in [-0.05, 0) is 61.7 Å². The van der Waals surface area contributed by atoms with Gasteiger partial charge in [-0.1, -0.05) is 12.1 Å². The predicted octanol–water partition coefficient (Wildman–Crippen LogP) is 3.51. The van der Waals surface area contributed by atoms with E-state index in [4.69, 9.17) is 0 Å². The molecule has 7 heteroatoms. The number of anilines is 1. The average Bonchev–Trinajstić information content (AvgIpc) is 3.16. The van der Waals surface area contributed by atoms with E-state index in [1.54, 1.807) is 24.3 Å². The Hall–Kier alpha value is -1.83. The zero-order valence-electron chi connectivity index (χ0n) is 14.6. The van der Waals surface area contributed by atoms with Crippen LogP contribution in [0.4, 0.5) is 5.69 Å². The topological polar surface area (TPSA) is 66.5 Å². The first-order chi connectivity index (χ1) is 12.4. The van der Waals surface area contributed by atoms with Crippen LogP contribution in [0.25, 0.3) is 0 Å². The summed E-state index contributed by atoms with van der Waals surface area (Å²) in [6.45, 7) is 3.16. The molecule has 1 aliphatic heterocycles. The molecule has 0 radical (unpaired) electrons. The van der Waals surface area contributed by atoms with Gasteiger partial charge in [-0.25, -0.2) is 8.42 Å². The molecule has 2 aromatic carbocycles. The third-order valence-corrected chi connectivity index (χ3v) is 7.12. The maximum atomic E-state index is 12.5. The van der Waals surface area contributed by atoms with Crippen LogP contribution < -0.4 is 5.32 Å². The van der Waals surface area contributed by atoms with Crippen LogP contribution in [0, 0.1) is 6.92 Å². The lowest BCUT2D eigenvalue weighted by Gasteiger charge is -2.15. The molecule has 0 bridgehead atoms. The Labute approximate surface area is 158 Å². The molecule has 1 heterocycles. The summed E-state index contributed by atoms with van der Waals surface area (Å²) >= 11 is 1.38. The van der Waals surface area contributed by atoms with Crippen molar-refractivity contribution in [1.29, 1.82) is 0 Å². The molecule has 1 fully saturated rings. The first kappa shape index (κ1) is 18.9. The highest BCUT2D eigenvalue weighted by molar-refractivity contribution is 8.00. The van der Waals surface area contributed by atoms with Gasteiger partial charge in [0.15, 0.2) is 0 Å². The Morgan fingerprint density at radius 1 is 1.12 bits per heavy atom. The van der Waals surface area contributed by atoms with Crippen LogP contribution in [0.3, 0.4) is 0 Å². The Morgan fingerprint density at radius 3 is 2.46 bits per heavy atom. The third-order valence-electron chi connectivity index (χ3n) is 4.20. The van der Waals surface area contributed by atoms with Gasteiger partial charge in [-0.2, -0.15) is 4.31 Å². The van der Waals surface area contributed by atoms with Gasteiger partial charge in [0.2, 0.25) is 15.9 Å². The molecular formula is C19H22N2O3S2. The molecule has 0 aliphatic carbocycles. The highest BCUT2D eigenvalue weighted by atomic mass is 32.2. The standard InChI is InChI=1S/C19H22N2O3S2/c1-15-5-4-6-16(13-15)20-19(22)14-25-17-7-9-18(10-8-17)26(23,24)21-11-2-3-12-21/h4-10,13H,2-3,11-12,14H2,1H3,(H,20,22). The molecule has 3 rings (SSSR count). The Kier molecular flexibility index (Phi) is 6.01. The van der Waals surface area contributed by atoms with E-state index < -0.39 is 10.0 Å². The van der Waals surface area contributed by atoms with Crippen molar-refractivity contribution in [3.8, 4) is 0 Å². The summed E-state index contributed by atoms with van der Waals surface area (Å²) in [6.07, 6.45) is 1.84. The van der Waals surface area contributed by atoms with Gasteiger partial charge in [0, 0.05) is 23.7 Å². The van der Waals surface area contributed by atoms with Crippen LogP contribution in [0.1, 0.15) is 18.4 Å². The molecule has 0 aromatic heterocycles. The Bertz CT molecular complexity index is 874. The molecule has 1 aliphatic rings. The average molecular weight is 391 g/mol. The van der Waals surface area contributed by atoms with Gasteiger partial charge in [0.1, 0.15) is 0 Å². The van der Waals surface area contributed by atoms with Crippen LogP contribution in [0.15, 0.2) is 58.3 Å². The van der Waals surface area contributed by atoms with E-state index in [0.717, 1.165) is 29.0 Å². The number of aryl methyl sites for hydroxylation is 1. The molecule has 5 nitrogen and oxygen atoms in total. The molecule has 0 spiro atoms. The molecule has 138 valence electrons. The van der Waals surface area contributed by atoms with Gasteiger partial charge >= 0.3 is 0 Å². The molecule has 1 saturated heterocycles. The van der Waals surface area contributed by atoms with Crippen molar-refractivity contribution in [3.05, 3.63) is 54.1 Å². The summed E-state index contributed by atoms with van der Waals surface area (Å²) in [5.41, 5.74) is 1.87. The van der Waals surface area contributed by atoms with Crippen LogP contribution in [0.5, 0.6) is 0 Å². The number of rotatable bonds is 6. The minimum absolute atomic E-state index is 0.0886. The van der Waals surface area contributed by atoms with Crippen molar-refractivity contribution >= 4 is 33.4 Å². The normalized spacial score (nSPS) is 15.1. The second-order valence-electron chi connectivity index (χ2n) is 6.29. The minimum Gasteiger partial charge on any atom is -0.325 e. The second kappa shape index (κ2) is 8.24. The minimum atomic E-state index is -3.39. The number of nitrogens with one attached hydrogen (secondary N) is 1. The van der Waals surface area contributed by atoms with Crippen LogP contribution in [0.2, 0.25) is 0 Å². The van der Waals surface area contributed by atoms with E-state index in [9.17, 15) is 13.2 Å². The second-order valence-corrected chi connectivity index (χ2v) is 9.28. The molecule has 26 heavy (non-hydrogen) atoms. The summed E-state index contributed by atoms with van der Waals surface area (Å²) in [5, 5.41) is 2.86. The fourth-order valence-electron chi connectivity index (χ4n) is 2.85. The first-order valence-electron chi connectivity index (χ1n) is 8.55. The smallest absolute Gasteiger partial charge is 0.243 e. The lowest BCUT2D eigenvalue weighted by Crippen LogP contribution is -2.27. The Morgan fingerprint density at radius 2 is 1.81 bits per heavy atom. The first-order valence-corrected chi connectivity index (χ1v) is 11.0. The van der Waals surface area contributed by atoms with Crippen molar-refractivity contribution in [2.45, 2.75) is 29.6 Å². The van der Waals surface area contributed by atoms with Gasteiger partial charge in [-0.3, -0.25) is 4.79 Å². The number of amides is 1. The zero-order chi connectivity index (χ0) is 18.6. The maximum absolute atomic E-state index is 12.5. The molecule has 0 unspecified atom stereocenters. The highest BCUT2D eigenvalue weighted by Gasteiger charge is 2.26. The fourth-order valence-corrected chi connectivity index (χ4v) is 5.07. The quantitative estimate of drug-likeness (QED) is 0.767. The van der Waals surface area contributed by atoms with Gasteiger partial charge in [0.25, 0.3) is 0 Å². The summed E-state index contributed by atoms with van der Waals surface area (Å²) in [4.78, 5) is 13.2. The largest absolute Gasteiger partial charge is 0.325 e. The van der Waals surface area contributed by atoms with E-state index >= 15 is 0 Å². The van der Waals surface area contributed by atoms with Gasteiger partial charge < -0.3 is 5.32 Å². The monoisotopic (exact) mass is 390 g/mol. The number of carbonyl (C=O) groups excluding carboxylic acids is 1. The van der Waals surface area contributed by atoms with E-state index in [2.05, 4.69) is 5.32 Å². The van der Waals surface area contributed by atoms with Crippen LogP contribution >= 0.6 is 11.8 Å².